The van der Waals surface area contributed by atoms with Gasteiger partial charge >= 0.3 is 0 Å². The van der Waals surface area contributed by atoms with Gasteiger partial charge in [-0.25, -0.2) is 13.1 Å². The molecule has 0 saturated heterocycles. The SMILES string of the molecule is COc1ccc(-c2nnc3ccc(OCCNS(=O)(=O)c4cccc(Cl)c4)nn23)c(OC)c1. The standard InChI is InChI=1S/C21H20ClN5O5S/c1-30-15-6-7-17(18(13-15)31-2)21-25-24-19-8-9-20(26-27(19)21)32-11-10-23-33(28,29)16-5-3-4-14(22)12-16/h3-9,12-13,23H,10-11H2,1-2H3. The van der Waals surface area contributed by atoms with Gasteiger partial charge in [-0.05, 0) is 36.4 Å². The predicted octanol–water partition coefficient (Wildman–Crippen LogP) is 2.82. The van der Waals surface area contributed by atoms with Crippen molar-refractivity contribution in [3.05, 3.63) is 59.6 Å². The van der Waals surface area contributed by atoms with Gasteiger partial charge < -0.3 is 14.2 Å². The summed E-state index contributed by atoms with van der Waals surface area (Å²) in [6.07, 6.45) is 0. The van der Waals surface area contributed by atoms with E-state index in [1.54, 1.807) is 56.7 Å². The summed E-state index contributed by atoms with van der Waals surface area (Å²) < 4.78 is 45.0. The topological polar surface area (TPSA) is 117 Å². The van der Waals surface area contributed by atoms with Gasteiger partial charge in [-0.3, -0.25) is 0 Å². The van der Waals surface area contributed by atoms with Gasteiger partial charge in [0.25, 0.3) is 0 Å². The third kappa shape index (κ3) is 5.00. The molecule has 1 N–H and O–H groups in total. The monoisotopic (exact) mass is 489 g/mol. The molecule has 0 aliphatic rings. The van der Waals surface area contributed by atoms with Crippen molar-refractivity contribution >= 4 is 27.3 Å². The Morgan fingerprint density at radius 1 is 1.03 bits per heavy atom. The fourth-order valence-electron chi connectivity index (χ4n) is 3.05. The van der Waals surface area contributed by atoms with Crippen LogP contribution in [0.25, 0.3) is 17.0 Å². The lowest BCUT2D eigenvalue weighted by atomic mass is 10.2. The second-order valence-corrected chi connectivity index (χ2v) is 8.94. The molecule has 4 rings (SSSR count). The average Bonchev–Trinajstić information content (AvgIpc) is 3.24. The Kier molecular flexibility index (Phi) is 6.63. The second-order valence-electron chi connectivity index (χ2n) is 6.74. The average molecular weight is 490 g/mol. The number of rotatable bonds is 9. The van der Waals surface area contributed by atoms with Crippen molar-refractivity contribution in [2.75, 3.05) is 27.4 Å². The first-order valence-corrected chi connectivity index (χ1v) is 11.6. The number of benzene rings is 2. The van der Waals surface area contributed by atoms with E-state index in [-0.39, 0.29) is 23.9 Å². The number of fused-ring (bicyclic) bond motifs is 1. The Morgan fingerprint density at radius 3 is 2.64 bits per heavy atom. The van der Waals surface area contributed by atoms with E-state index in [0.717, 1.165) is 0 Å². The summed E-state index contributed by atoms with van der Waals surface area (Å²) >= 11 is 5.87. The van der Waals surface area contributed by atoms with Crippen LogP contribution in [0.15, 0.2) is 59.5 Å². The summed E-state index contributed by atoms with van der Waals surface area (Å²) in [4.78, 5) is 0.0807. The minimum absolute atomic E-state index is 0.0376. The van der Waals surface area contributed by atoms with Crippen molar-refractivity contribution in [2.24, 2.45) is 0 Å². The third-order valence-corrected chi connectivity index (χ3v) is 6.33. The molecule has 0 fully saturated rings. The summed E-state index contributed by atoms with van der Waals surface area (Å²) in [6.45, 7) is 0.0948. The number of nitrogens with zero attached hydrogens (tertiary/aromatic N) is 4. The normalized spacial score (nSPS) is 11.5. The fourth-order valence-corrected chi connectivity index (χ4v) is 4.36. The molecule has 0 atom stereocenters. The Bertz CT molecular complexity index is 1390. The Balaban J connectivity index is 1.48. The molecule has 0 saturated carbocycles. The molecule has 0 aliphatic heterocycles. The van der Waals surface area contributed by atoms with E-state index in [4.69, 9.17) is 25.8 Å². The van der Waals surface area contributed by atoms with Crippen LogP contribution in [0.5, 0.6) is 17.4 Å². The van der Waals surface area contributed by atoms with Crippen molar-refractivity contribution in [2.45, 2.75) is 4.90 Å². The van der Waals surface area contributed by atoms with Crippen LogP contribution in [0.1, 0.15) is 0 Å². The molecule has 172 valence electrons. The molecule has 12 heteroatoms. The van der Waals surface area contributed by atoms with E-state index in [1.165, 1.54) is 16.6 Å². The van der Waals surface area contributed by atoms with Crippen molar-refractivity contribution in [3.8, 4) is 28.8 Å². The lowest BCUT2D eigenvalue weighted by molar-refractivity contribution is 0.306. The van der Waals surface area contributed by atoms with Crippen LogP contribution < -0.4 is 18.9 Å². The minimum atomic E-state index is -3.70. The molecule has 0 aliphatic carbocycles. The van der Waals surface area contributed by atoms with Gasteiger partial charge in [0.15, 0.2) is 11.5 Å². The lowest BCUT2D eigenvalue weighted by Crippen LogP contribution is -2.28. The zero-order valence-electron chi connectivity index (χ0n) is 17.7. The number of aromatic nitrogens is 4. The first kappa shape index (κ1) is 22.8. The van der Waals surface area contributed by atoms with E-state index in [9.17, 15) is 8.42 Å². The number of ether oxygens (including phenoxy) is 3. The van der Waals surface area contributed by atoms with E-state index in [0.29, 0.717) is 33.6 Å². The Morgan fingerprint density at radius 2 is 1.88 bits per heavy atom. The zero-order chi connectivity index (χ0) is 23.4. The van der Waals surface area contributed by atoms with Crippen molar-refractivity contribution in [1.82, 2.24) is 24.5 Å². The molecule has 2 heterocycles. The minimum Gasteiger partial charge on any atom is -0.497 e. The smallest absolute Gasteiger partial charge is 0.240 e. The highest BCUT2D eigenvalue weighted by atomic mass is 35.5. The fraction of sp³-hybridized carbons (Fsp3) is 0.190. The molecule has 0 radical (unpaired) electrons. The number of halogens is 1. The van der Waals surface area contributed by atoms with E-state index in [2.05, 4.69) is 20.0 Å². The van der Waals surface area contributed by atoms with E-state index >= 15 is 0 Å². The number of sulfonamides is 1. The van der Waals surface area contributed by atoms with E-state index in [1.807, 2.05) is 0 Å². The number of hydrogen-bond acceptors (Lipinski definition) is 8. The van der Waals surface area contributed by atoms with Crippen LogP contribution >= 0.6 is 11.6 Å². The lowest BCUT2D eigenvalue weighted by Gasteiger charge is -2.10. The van der Waals surface area contributed by atoms with Crippen molar-refractivity contribution in [1.29, 1.82) is 0 Å². The van der Waals surface area contributed by atoms with Crippen LogP contribution in [-0.4, -0.2) is 55.6 Å². The molecular weight excluding hydrogens is 470 g/mol. The molecule has 0 unspecified atom stereocenters. The zero-order valence-corrected chi connectivity index (χ0v) is 19.3. The summed E-state index contributed by atoms with van der Waals surface area (Å²) in [6, 6.07) is 14.7. The quantitative estimate of drug-likeness (QED) is 0.357. The summed E-state index contributed by atoms with van der Waals surface area (Å²) in [5.41, 5.74) is 1.18. The summed E-state index contributed by atoms with van der Waals surface area (Å²) in [5.74, 6) is 1.92. The maximum atomic E-state index is 12.4. The van der Waals surface area contributed by atoms with Gasteiger partial charge in [-0.2, -0.15) is 4.52 Å². The van der Waals surface area contributed by atoms with Crippen LogP contribution in [0.2, 0.25) is 5.02 Å². The Hall–Kier alpha value is -3.41. The van der Waals surface area contributed by atoms with Gasteiger partial charge in [0.05, 0.1) is 24.7 Å². The third-order valence-electron chi connectivity index (χ3n) is 4.64. The molecule has 2 aromatic carbocycles. The van der Waals surface area contributed by atoms with Gasteiger partial charge in [-0.15, -0.1) is 15.3 Å². The number of methoxy groups -OCH3 is 2. The second kappa shape index (κ2) is 9.61. The number of nitrogens with one attached hydrogen (secondary N) is 1. The molecule has 0 amide bonds. The highest BCUT2D eigenvalue weighted by Crippen LogP contribution is 2.32. The van der Waals surface area contributed by atoms with Crippen LogP contribution in [0.3, 0.4) is 0 Å². The highest BCUT2D eigenvalue weighted by Gasteiger charge is 2.16. The molecule has 10 nitrogen and oxygen atoms in total. The summed E-state index contributed by atoms with van der Waals surface area (Å²) in [7, 11) is -0.583. The molecule has 0 bridgehead atoms. The van der Waals surface area contributed by atoms with Crippen LogP contribution in [0, 0.1) is 0 Å². The summed E-state index contributed by atoms with van der Waals surface area (Å²) in [5, 5.41) is 13.1. The molecule has 33 heavy (non-hydrogen) atoms. The van der Waals surface area contributed by atoms with Gasteiger partial charge in [0.1, 0.15) is 18.1 Å². The van der Waals surface area contributed by atoms with Crippen molar-refractivity contribution < 1.29 is 22.6 Å². The number of hydrogen-bond donors (Lipinski definition) is 1. The van der Waals surface area contributed by atoms with Gasteiger partial charge in [-0.1, -0.05) is 17.7 Å². The molecule has 2 aromatic heterocycles. The van der Waals surface area contributed by atoms with Crippen molar-refractivity contribution in [3.63, 3.8) is 0 Å². The first-order valence-electron chi connectivity index (χ1n) is 9.74. The Labute approximate surface area is 195 Å². The van der Waals surface area contributed by atoms with Crippen LogP contribution in [-0.2, 0) is 10.0 Å². The van der Waals surface area contributed by atoms with E-state index < -0.39 is 10.0 Å². The largest absolute Gasteiger partial charge is 0.497 e. The van der Waals surface area contributed by atoms with Gasteiger partial charge in [0, 0.05) is 23.7 Å². The molecule has 4 aromatic rings. The predicted molar refractivity (Wildman–Crippen MR) is 121 cm³/mol. The van der Waals surface area contributed by atoms with Gasteiger partial charge in [0.2, 0.25) is 15.9 Å². The maximum absolute atomic E-state index is 12.4. The highest BCUT2D eigenvalue weighted by molar-refractivity contribution is 7.89. The first-order chi connectivity index (χ1) is 15.9. The maximum Gasteiger partial charge on any atom is 0.240 e. The van der Waals surface area contributed by atoms with Crippen LogP contribution in [0.4, 0.5) is 0 Å². The molecular formula is C21H20ClN5O5S. The molecule has 0 spiro atoms.